The quantitative estimate of drug-likeness (QED) is 0.387. The van der Waals surface area contributed by atoms with Crippen LogP contribution in [0.5, 0.6) is 5.75 Å². The van der Waals surface area contributed by atoms with E-state index in [1.165, 1.54) is 5.56 Å². The Morgan fingerprint density at radius 1 is 1.16 bits per heavy atom. The number of likely N-dealkylation sites (tertiary alicyclic amines) is 1. The van der Waals surface area contributed by atoms with Crippen LogP contribution < -0.4 is 15.4 Å². The summed E-state index contributed by atoms with van der Waals surface area (Å²) in [5.41, 5.74) is 1.81. The van der Waals surface area contributed by atoms with Crippen molar-refractivity contribution in [3.8, 4) is 5.75 Å². The lowest BCUT2D eigenvalue weighted by atomic mass is 10.1. The zero-order valence-electron chi connectivity index (χ0n) is 20.2. The van der Waals surface area contributed by atoms with Crippen LogP contribution in [0, 0.1) is 0 Å². The average molecular weight is 641 g/mol. The van der Waals surface area contributed by atoms with Crippen molar-refractivity contribution in [1.82, 2.24) is 15.5 Å². The molecule has 38 heavy (non-hydrogen) atoms. The van der Waals surface area contributed by atoms with Crippen molar-refractivity contribution < 1.29 is 32.6 Å². The summed E-state index contributed by atoms with van der Waals surface area (Å²) in [6.45, 7) is 4.71. The molecule has 7 nitrogen and oxygen atoms in total. The predicted octanol–water partition coefficient (Wildman–Crippen LogP) is 5.18. The molecule has 208 valence electrons. The molecule has 2 atom stereocenters. The molecular weight excluding hydrogens is 614 g/mol. The number of alkyl halides is 3. The van der Waals surface area contributed by atoms with Gasteiger partial charge in [-0.2, -0.15) is 13.2 Å². The first-order valence-electron chi connectivity index (χ1n) is 11.9. The minimum atomic E-state index is -5.08. The Hall–Kier alpha value is -2.05. The van der Waals surface area contributed by atoms with Crippen LogP contribution in [0.15, 0.2) is 40.9 Å². The van der Waals surface area contributed by atoms with E-state index in [9.17, 15) is 18.0 Å². The average Bonchev–Trinajstić information content (AvgIpc) is 3.53. The molecule has 2 aromatic rings. The lowest BCUT2D eigenvalue weighted by Crippen LogP contribution is -2.37. The predicted molar refractivity (Wildman–Crippen MR) is 142 cm³/mol. The zero-order valence-corrected chi connectivity index (χ0v) is 23.3. The van der Waals surface area contributed by atoms with Gasteiger partial charge in [-0.05, 0) is 77.6 Å². The highest BCUT2D eigenvalue weighted by molar-refractivity contribution is 9.10. The van der Waals surface area contributed by atoms with E-state index in [1.807, 2.05) is 0 Å². The molecule has 4 rings (SSSR count). The number of carbonyl (C=O) groups excluding carboxylic acids is 1. The smallest absolute Gasteiger partial charge is 0.488 e. The molecule has 0 unspecified atom stereocenters. The standard InChI is InChI=1S/C23H26BrCl2N3O2.C2HF3O2/c24-19-11-15(1-4-22(19)31-18-5-8-27-13-18)6-9-29-10-7-17(14-29)28-23(30)16-2-3-20(25)21(26)12-16;3-2(4,5)1(6)7/h1-4,11-12,17-18,27H,5-10,13-14H2,(H,28,30);(H,6,7)/t17-,18-;/m0./s1. The second-order valence-electron chi connectivity index (χ2n) is 8.94. The van der Waals surface area contributed by atoms with E-state index in [1.54, 1.807) is 18.2 Å². The number of aliphatic carboxylic acids is 1. The van der Waals surface area contributed by atoms with Crippen LogP contribution >= 0.6 is 39.1 Å². The van der Waals surface area contributed by atoms with Crippen LogP contribution in [0.3, 0.4) is 0 Å². The van der Waals surface area contributed by atoms with Gasteiger partial charge in [0.1, 0.15) is 11.9 Å². The lowest BCUT2D eigenvalue weighted by molar-refractivity contribution is -0.192. The van der Waals surface area contributed by atoms with Crippen LogP contribution in [0.1, 0.15) is 28.8 Å². The molecule has 0 spiro atoms. The Balaban J connectivity index is 0.000000505. The highest BCUT2D eigenvalue weighted by atomic mass is 79.9. The normalized spacial score (nSPS) is 19.5. The second kappa shape index (κ2) is 13.8. The summed E-state index contributed by atoms with van der Waals surface area (Å²) >= 11 is 15.6. The van der Waals surface area contributed by atoms with Crippen LogP contribution in [0.2, 0.25) is 10.0 Å². The molecule has 0 aliphatic carbocycles. The molecule has 2 fully saturated rings. The number of nitrogens with zero attached hydrogens (tertiary/aromatic N) is 1. The van der Waals surface area contributed by atoms with Gasteiger partial charge in [-0.1, -0.05) is 29.3 Å². The van der Waals surface area contributed by atoms with Crippen molar-refractivity contribution in [3.63, 3.8) is 0 Å². The molecule has 2 aliphatic heterocycles. The van der Waals surface area contributed by atoms with E-state index in [0.29, 0.717) is 15.6 Å². The number of carboxylic acids is 1. The number of carboxylic acid groups (broad SMARTS) is 1. The Morgan fingerprint density at radius 2 is 1.89 bits per heavy atom. The van der Waals surface area contributed by atoms with Gasteiger partial charge in [-0.15, -0.1) is 0 Å². The van der Waals surface area contributed by atoms with Crippen LogP contribution in [-0.2, 0) is 11.2 Å². The van der Waals surface area contributed by atoms with Crippen molar-refractivity contribution in [3.05, 3.63) is 62.0 Å². The molecule has 0 bridgehead atoms. The third kappa shape index (κ3) is 9.30. The van der Waals surface area contributed by atoms with Crippen molar-refractivity contribution in [1.29, 1.82) is 0 Å². The lowest BCUT2D eigenvalue weighted by Gasteiger charge is -2.18. The SMILES string of the molecule is O=C(N[C@H]1CCN(CCc2ccc(O[C@H]3CCNC3)c(Br)c2)C1)c1ccc(Cl)c(Cl)c1.O=C(O)C(F)(F)F. The number of amides is 1. The molecular formula is C25H27BrCl2F3N3O4. The Bertz CT molecular complexity index is 1130. The third-order valence-corrected chi connectivity index (χ3v) is 7.41. The first kappa shape index (κ1) is 30.5. The highest BCUT2D eigenvalue weighted by Crippen LogP contribution is 2.28. The maximum atomic E-state index is 12.5. The largest absolute Gasteiger partial charge is 0.490 e. The number of hydrogen-bond acceptors (Lipinski definition) is 5. The first-order chi connectivity index (χ1) is 17.9. The summed E-state index contributed by atoms with van der Waals surface area (Å²) in [6.07, 6.45) is -1.88. The zero-order chi connectivity index (χ0) is 27.9. The monoisotopic (exact) mass is 639 g/mol. The first-order valence-corrected chi connectivity index (χ1v) is 13.4. The molecule has 2 saturated heterocycles. The van der Waals surface area contributed by atoms with Gasteiger partial charge in [0.15, 0.2) is 0 Å². The number of halogens is 6. The summed E-state index contributed by atoms with van der Waals surface area (Å²) in [5.74, 6) is -1.96. The van der Waals surface area contributed by atoms with Crippen LogP contribution in [-0.4, -0.2) is 72.9 Å². The minimum Gasteiger partial charge on any atom is -0.488 e. The van der Waals surface area contributed by atoms with Crippen LogP contribution in [0.4, 0.5) is 13.2 Å². The van der Waals surface area contributed by atoms with Crippen molar-refractivity contribution in [2.45, 2.75) is 37.6 Å². The number of carbonyl (C=O) groups is 2. The number of rotatable bonds is 7. The van der Waals surface area contributed by atoms with Gasteiger partial charge >= 0.3 is 12.1 Å². The molecule has 0 saturated carbocycles. The second-order valence-corrected chi connectivity index (χ2v) is 10.6. The van der Waals surface area contributed by atoms with E-state index in [2.05, 4.69) is 49.7 Å². The van der Waals surface area contributed by atoms with E-state index in [4.69, 9.17) is 37.8 Å². The van der Waals surface area contributed by atoms with E-state index < -0.39 is 12.1 Å². The fraction of sp³-hybridized carbons (Fsp3) is 0.440. The summed E-state index contributed by atoms with van der Waals surface area (Å²) in [4.78, 5) is 23.8. The summed E-state index contributed by atoms with van der Waals surface area (Å²) < 4.78 is 38.8. The minimum absolute atomic E-state index is 0.109. The van der Waals surface area contributed by atoms with E-state index in [-0.39, 0.29) is 18.1 Å². The fourth-order valence-corrected chi connectivity index (χ4v) is 4.87. The van der Waals surface area contributed by atoms with Gasteiger partial charge in [0, 0.05) is 37.8 Å². The Morgan fingerprint density at radius 3 is 2.50 bits per heavy atom. The molecule has 1 amide bonds. The Labute approximate surface area is 236 Å². The van der Waals surface area contributed by atoms with Crippen molar-refractivity contribution >= 4 is 51.0 Å². The molecule has 2 aliphatic rings. The van der Waals surface area contributed by atoms with Crippen molar-refractivity contribution in [2.24, 2.45) is 0 Å². The van der Waals surface area contributed by atoms with Crippen LogP contribution in [0.25, 0.3) is 0 Å². The number of ether oxygens (including phenoxy) is 1. The van der Waals surface area contributed by atoms with Gasteiger partial charge < -0.3 is 25.4 Å². The van der Waals surface area contributed by atoms with Gasteiger partial charge in [-0.3, -0.25) is 4.79 Å². The maximum Gasteiger partial charge on any atom is 0.490 e. The molecule has 0 aromatic heterocycles. The highest BCUT2D eigenvalue weighted by Gasteiger charge is 2.38. The van der Waals surface area contributed by atoms with Gasteiger partial charge in [0.2, 0.25) is 0 Å². The Kier molecular flexibility index (Phi) is 11.1. The van der Waals surface area contributed by atoms with Gasteiger partial charge in [0.25, 0.3) is 5.91 Å². The topological polar surface area (TPSA) is 90.9 Å². The molecule has 3 N–H and O–H groups in total. The van der Waals surface area contributed by atoms with E-state index in [0.717, 1.165) is 62.2 Å². The maximum absolute atomic E-state index is 12.5. The molecule has 0 radical (unpaired) electrons. The number of nitrogens with one attached hydrogen (secondary N) is 2. The van der Waals surface area contributed by atoms with Gasteiger partial charge in [0.05, 0.1) is 14.5 Å². The number of benzene rings is 2. The molecule has 13 heteroatoms. The van der Waals surface area contributed by atoms with Gasteiger partial charge in [-0.25, -0.2) is 4.79 Å². The summed E-state index contributed by atoms with van der Waals surface area (Å²) in [7, 11) is 0. The molecule has 2 heterocycles. The molecule has 2 aromatic carbocycles. The third-order valence-electron chi connectivity index (χ3n) is 6.05. The number of hydrogen-bond donors (Lipinski definition) is 3. The van der Waals surface area contributed by atoms with E-state index >= 15 is 0 Å². The summed E-state index contributed by atoms with van der Waals surface area (Å²) in [6, 6.07) is 11.5. The fourth-order valence-electron chi connectivity index (χ4n) is 4.05. The summed E-state index contributed by atoms with van der Waals surface area (Å²) in [5, 5.41) is 14.4. The van der Waals surface area contributed by atoms with Crippen molar-refractivity contribution in [2.75, 3.05) is 32.7 Å².